The summed E-state index contributed by atoms with van der Waals surface area (Å²) < 4.78 is 0. The van der Waals surface area contributed by atoms with E-state index in [1.54, 1.807) is 12.4 Å². The third-order valence-corrected chi connectivity index (χ3v) is 3.97. The second-order valence-electron chi connectivity index (χ2n) is 5.61. The molecule has 114 valence electrons. The molecule has 1 fully saturated rings. The van der Waals surface area contributed by atoms with Crippen LogP contribution >= 0.6 is 0 Å². The first-order valence-corrected chi connectivity index (χ1v) is 7.59. The molecule has 0 radical (unpaired) electrons. The minimum absolute atomic E-state index is 0.0510. The SMILES string of the molecule is Cc1cnc(CNC(=O)c2ccccc2C2CCNC2)cn1. The summed E-state index contributed by atoms with van der Waals surface area (Å²) in [6, 6.07) is 7.85. The molecule has 2 heterocycles. The van der Waals surface area contributed by atoms with Crippen molar-refractivity contribution in [2.24, 2.45) is 0 Å². The van der Waals surface area contributed by atoms with Crippen molar-refractivity contribution in [3.8, 4) is 0 Å². The van der Waals surface area contributed by atoms with Gasteiger partial charge < -0.3 is 10.6 Å². The zero-order chi connectivity index (χ0) is 15.4. The molecule has 0 aliphatic carbocycles. The Labute approximate surface area is 130 Å². The number of aryl methyl sites for hydroxylation is 1. The van der Waals surface area contributed by atoms with Gasteiger partial charge in [-0.1, -0.05) is 18.2 Å². The zero-order valence-electron chi connectivity index (χ0n) is 12.7. The highest BCUT2D eigenvalue weighted by Crippen LogP contribution is 2.25. The lowest BCUT2D eigenvalue weighted by Crippen LogP contribution is -2.25. The fourth-order valence-electron chi connectivity index (χ4n) is 2.76. The maximum absolute atomic E-state index is 12.5. The Morgan fingerprint density at radius 2 is 2.18 bits per heavy atom. The van der Waals surface area contributed by atoms with E-state index in [1.165, 1.54) is 0 Å². The molecule has 0 saturated carbocycles. The molecule has 5 nitrogen and oxygen atoms in total. The Morgan fingerprint density at radius 1 is 1.32 bits per heavy atom. The molecule has 2 N–H and O–H groups in total. The summed E-state index contributed by atoms with van der Waals surface area (Å²) in [5.74, 6) is 0.367. The molecule has 1 aliphatic heterocycles. The summed E-state index contributed by atoms with van der Waals surface area (Å²) in [5, 5.41) is 6.29. The third kappa shape index (κ3) is 3.31. The Bertz CT molecular complexity index is 648. The van der Waals surface area contributed by atoms with Gasteiger partial charge in [0, 0.05) is 18.3 Å². The van der Waals surface area contributed by atoms with E-state index in [9.17, 15) is 4.79 Å². The second-order valence-corrected chi connectivity index (χ2v) is 5.61. The van der Waals surface area contributed by atoms with Gasteiger partial charge in [0.2, 0.25) is 0 Å². The second kappa shape index (κ2) is 6.66. The van der Waals surface area contributed by atoms with Crippen LogP contribution in [0.1, 0.15) is 39.6 Å². The van der Waals surface area contributed by atoms with Crippen molar-refractivity contribution >= 4 is 5.91 Å². The maximum Gasteiger partial charge on any atom is 0.251 e. The van der Waals surface area contributed by atoms with E-state index in [0.717, 1.165) is 42.0 Å². The average molecular weight is 296 g/mol. The highest BCUT2D eigenvalue weighted by molar-refractivity contribution is 5.95. The summed E-state index contributed by atoms with van der Waals surface area (Å²) in [6.07, 6.45) is 4.48. The minimum atomic E-state index is -0.0510. The van der Waals surface area contributed by atoms with Crippen LogP contribution < -0.4 is 10.6 Å². The molecule has 22 heavy (non-hydrogen) atoms. The fraction of sp³-hybridized carbons (Fsp3) is 0.353. The number of aromatic nitrogens is 2. The molecule has 0 bridgehead atoms. The van der Waals surface area contributed by atoms with Gasteiger partial charge in [-0.3, -0.25) is 14.8 Å². The summed E-state index contributed by atoms with van der Waals surface area (Å²) in [7, 11) is 0. The number of carbonyl (C=O) groups excluding carboxylic acids is 1. The summed E-state index contributed by atoms with van der Waals surface area (Å²) in [4.78, 5) is 20.9. The van der Waals surface area contributed by atoms with Crippen LogP contribution in [0.2, 0.25) is 0 Å². The van der Waals surface area contributed by atoms with Gasteiger partial charge in [-0.2, -0.15) is 0 Å². The summed E-state index contributed by atoms with van der Waals surface area (Å²) >= 11 is 0. The highest BCUT2D eigenvalue weighted by Gasteiger charge is 2.21. The van der Waals surface area contributed by atoms with Gasteiger partial charge >= 0.3 is 0 Å². The van der Waals surface area contributed by atoms with Gasteiger partial charge in [0.05, 0.1) is 24.1 Å². The number of carbonyl (C=O) groups is 1. The van der Waals surface area contributed by atoms with E-state index in [-0.39, 0.29) is 5.91 Å². The van der Waals surface area contributed by atoms with Crippen LogP contribution in [0.15, 0.2) is 36.7 Å². The first-order chi connectivity index (χ1) is 10.7. The molecule has 3 rings (SSSR count). The predicted molar refractivity (Wildman–Crippen MR) is 84.6 cm³/mol. The molecule has 0 spiro atoms. The van der Waals surface area contributed by atoms with E-state index in [0.29, 0.717) is 12.5 Å². The molecule has 1 aromatic carbocycles. The Balaban J connectivity index is 1.70. The lowest BCUT2D eigenvalue weighted by atomic mass is 9.93. The summed E-state index contributed by atoms with van der Waals surface area (Å²) in [6.45, 7) is 4.23. The molecule has 1 atom stereocenters. The Kier molecular flexibility index (Phi) is 4.44. The van der Waals surface area contributed by atoms with E-state index < -0.39 is 0 Å². The van der Waals surface area contributed by atoms with Crippen LogP contribution in [0.3, 0.4) is 0 Å². The molecule has 1 aliphatic rings. The van der Waals surface area contributed by atoms with Gasteiger partial charge in [-0.05, 0) is 37.4 Å². The van der Waals surface area contributed by atoms with Crippen molar-refractivity contribution in [3.05, 3.63) is 59.2 Å². The van der Waals surface area contributed by atoms with Gasteiger partial charge in [0.1, 0.15) is 0 Å². The molecule has 1 unspecified atom stereocenters. The smallest absolute Gasteiger partial charge is 0.251 e. The van der Waals surface area contributed by atoms with E-state index in [1.807, 2.05) is 25.1 Å². The molecule has 5 heteroatoms. The number of benzene rings is 1. The normalized spacial score (nSPS) is 17.4. The average Bonchev–Trinajstić information content (AvgIpc) is 3.08. The van der Waals surface area contributed by atoms with Crippen LogP contribution in [0.25, 0.3) is 0 Å². The van der Waals surface area contributed by atoms with Crippen LogP contribution in [0.5, 0.6) is 0 Å². The monoisotopic (exact) mass is 296 g/mol. The molecular formula is C17H20N4O. The maximum atomic E-state index is 12.5. The van der Waals surface area contributed by atoms with Crippen LogP contribution in [-0.2, 0) is 6.54 Å². The van der Waals surface area contributed by atoms with Crippen molar-refractivity contribution in [1.82, 2.24) is 20.6 Å². The van der Waals surface area contributed by atoms with Gasteiger partial charge in [-0.25, -0.2) is 0 Å². The largest absolute Gasteiger partial charge is 0.346 e. The van der Waals surface area contributed by atoms with Crippen LogP contribution in [-0.4, -0.2) is 29.0 Å². The lowest BCUT2D eigenvalue weighted by molar-refractivity contribution is 0.0949. The van der Waals surface area contributed by atoms with Crippen LogP contribution in [0.4, 0.5) is 0 Å². The van der Waals surface area contributed by atoms with Crippen molar-refractivity contribution in [2.75, 3.05) is 13.1 Å². The quantitative estimate of drug-likeness (QED) is 0.903. The number of hydrogen-bond acceptors (Lipinski definition) is 4. The van der Waals surface area contributed by atoms with Crippen molar-refractivity contribution in [3.63, 3.8) is 0 Å². The molecule has 1 amide bonds. The number of nitrogens with zero attached hydrogens (tertiary/aromatic N) is 2. The number of rotatable bonds is 4. The Morgan fingerprint density at radius 3 is 2.91 bits per heavy atom. The van der Waals surface area contributed by atoms with Gasteiger partial charge in [-0.15, -0.1) is 0 Å². The zero-order valence-corrected chi connectivity index (χ0v) is 12.7. The molecule has 2 aromatic rings. The van der Waals surface area contributed by atoms with Crippen molar-refractivity contribution in [1.29, 1.82) is 0 Å². The summed E-state index contributed by atoms with van der Waals surface area (Å²) in [5.41, 5.74) is 3.52. The fourth-order valence-corrected chi connectivity index (χ4v) is 2.76. The minimum Gasteiger partial charge on any atom is -0.346 e. The van der Waals surface area contributed by atoms with E-state index in [2.05, 4.69) is 26.7 Å². The van der Waals surface area contributed by atoms with Crippen molar-refractivity contribution in [2.45, 2.75) is 25.8 Å². The van der Waals surface area contributed by atoms with E-state index >= 15 is 0 Å². The highest BCUT2D eigenvalue weighted by atomic mass is 16.1. The van der Waals surface area contributed by atoms with E-state index in [4.69, 9.17) is 0 Å². The first-order valence-electron chi connectivity index (χ1n) is 7.59. The van der Waals surface area contributed by atoms with Crippen LogP contribution in [0, 0.1) is 6.92 Å². The van der Waals surface area contributed by atoms with Gasteiger partial charge in [0.25, 0.3) is 5.91 Å². The van der Waals surface area contributed by atoms with Gasteiger partial charge in [0.15, 0.2) is 0 Å². The molecule has 1 saturated heterocycles. The first kappa shape index (κ1) is 14.7. The third-order valence-electron chi connectivity index (χ3n) is 3.97. The Hall–Kier alpha value is -2.27. The molecular weight excluding hydrogens is 276 g/mol. The number of hydrogen-bond donors (Lipinski definition) is 2. The van der Waals surface area contributed by atoms with Crippen molar-refractivity contribution < 1.29 is 4.79 Å². The predicted octanol–water partition coefficient (Wildman–Crippen LogP) is 1.79. The standard InChI is InChI=1S/C17H20N4O/c1-12-8-20-14(10-19-12)11-21-17(22)16-5-3-2-4-15(16)13-6-7-18-9-13/h2-5,8,10,13,18H,6-7,9,11H2,1H3,(H,21,22). The topological polar surface area (TPSA) is 66.9 Å². The number of amides is 1. The molecule has 1 aromatic heterocycles. The number of nitrogens with one attached hydrogen (secondary N) is 2. The lowest BCUT2D eigenvalue weighted by Gasteiger charge is -2.14.